The van der Waals surface area contributed by atoms with Crippen LogP contribution in [-0.2, 0) is 10.0 Å². The highest BCUT2D eigenvalue weighted by molar-refractivity contribution is 7.88. The summed E-state index contributed by atoms with van der Waals surface area (Å²) in [4.78, 5) is 2.42. The van der Waals surface area contributed by atoms with Crippen LogP contribution in [0.25, 0.3) is 0 Å². The van der Waals surface area contributed by atoms with Gasteiger partial charge in [0.25, 0.3) is 0 Å². The first kappa shape index (κ1) is 15.9. The molecule has 0 bridgehead atoms. The number of likely N-dealkylation sites (N-methyl/N-ethyl adjacent to an activating group) is 1. The number of rotatable bonds is 6. The molecule has 0 heterocycles. The standard InChI is InChI=1S/C13H28N2O2S/c1-5-15(9-8-14-18(4,16)17)13-7-6-11(2)12(3)10-13/h11-14H,5-10H2,1-4H3. The molecule has 3 atom stereocenters. The van der Waals surface area contributed by atoms with Crippen molar-refractivity contribution < 1.29 is 8.42 Å². The Balaban J connectivity index is 2.41. The van der Waals surface area contributed by atoms with Crippen LogP contribution in [0.2, 0.25) is 0 Å². The van der Waals surface area contributed by atoms with Crippen molar-refractivity contribution in [3.05, 3.63) is 0 Å². The maximum absolute atomic E-state index is 11.0. The van der Waals surface area contributed by atoms with Gasteiger partial charge in [0.05, 0.1) is 6.26 Å². The average molecular weight is 276 g/mol. The second-order valence-corrected chi connectivity index (χ2v) is 7.55. The molecule has 1 aliphatic rings. The highest BCUT2D eigenvalue weighted by atomic mass is 32.2. The minimum Gasteiger partial charge on any atom is -0.299 e. The summed E-state index contributed by atoms with van der Waals surface area (Å²) in [5.74, 6) is 1.61. The molecule has 18 heavy (non-hydrogen) atoms. The molecule has 0 aromatic heterocycles. The van der Waals surface area contributed by atoms with E-state index in [1.54, 1.807) is 0 Å². The highest BCUT2D eigenvalue weighted by Crippen LogP contribution is 2.31. The van der Waals surface area contributed by atoms with Crippen LogP contribution >= 0.6 is 0 Å². The quantitative estimate of drug-likeness (QED) is 0.803. The van der Waals surface area contributed by atoms with Crippen LogP contribution in [0.15, 0.2) is 0 Å². The van der Waals surface area contributed by atoms with E-state index in [2.05, 4.69) is 30.4 Å². The minimum atomic E-state index is -3.05. The first-order valence-corrected chi connectivity index (χ1v) is 8.91. The van der Waals surface area contributed by atoms with E-state index >= 15 is 0 Å². The zero-order valence-corrected chi connectivity index (χ0v) is 13.0. The number of hydrogen-bond donors (Lipinski definition) is 1. The third-order valence-corrected chi connectivity index (χ3v) is 4.98. The summed E-state index contributed by atoms with van der Waals surface area (Å²) in [6, 6.07) is 0.627. The van der Waals surface area contributed by atoms with Gasteiger partial charge in [0.1, 0.15) is 0 Å². The van der Waals surface area contributed by atoms with Gasteiger partial charge < -0.3 is 0 Å². The van der Waals surface area contributed by atoms with Gasteiger partial charge in [0, 0.05) is 19.1 Å². The summed E-state index contributed by atoms with van der Waals surface area (Å²) in [5, 5.41) is 0. The van der Waals surface area contributed by atoms with Crippen LogP contribution in [0, 0.1) is 11.8 Å². The Hall–Kier alpha value is -0.130. The lowest BCUT2D eigenvalue weighted by molar-refractivity contribution is 0.115. The molecule has 0 spiro atoms. The van der Waals surface area contributed by atoms with Gasteiger partial charge >= 0.3 is 0 Å². The summed E-state index contributed by atoms with van der Waals surface area (Å²) in [6.45, 7) is 9.16. The van der Waals surface area contributed by atoms with Crippen molar-refractivity contribution in [2.75, 3.05) is 25.9 Å². The molecular formula is C13H28N2O2S. The van der Waals surface area contributed by atoms with E-state index in [4.69, 9.17) is 0 Å². The van der Waals surface area contributed by atoms with E-state index in [9.17, 15) is 8.42 Å². The summed E-state index contributed by atoms with van der Waals surface area (Å²) in [7, 11) is -3.05. The molecule has 0 aromatic carbocycles. The van der Waals surface area contributed by atoms with Crippen LogP contribution in [0.4, 0.5) is 0 Å². The third kappa shape index (κ3) is 5.24. The first-order valence-electron chi connectivity index (χ1n) is 7.02. The summed E-state index contributed by atoms with van der Waals surface area (Å²) in [6.07, 6.45) is 5.00. The van der Waals surface area contributed by atoms with Crippen LogP contribution < -0.4 is 4.72 Å². The van der Waals surface area contributed by atoms with Crippen molar-refractivity contribution >= 4 is 10.0 Å². The SMILES string of the molecule is CCN(CCNS(C)(=O)=O)C1CCC(C)C(C)C1. The van der Waals surface area contributed by atoms with E-state index in [0.29, 0.717) is 12.6 Å². The van der Waals surface area contributed by atoms with Gasteiger partial charge in [0.2, 0.25) is 10.0 Å². The Kier molecular flexibility index (Phi) is 6.08. The van der Waals surface area contributed by atoms with Gasteiger partial charge in [-0.05, 0) is 37.6 Å². The lowest BCUT2D eigenvalue weighted by Gasteiger charge is -2.38. The number of nitrogens with zero attached hydrogens (tertiary/aromatic N) is 1. The van der Waals surface area contributed by atoms with Gasteiger partial charge in [-0.1, -0.05) is 20.8 Å². The van der Waals surface area contributed by atoms with Gasteiger partial charge in [-0.2, -0.15) is 0 Å². The van der Waals surface area contributed by atoms with Crippen LogP contribution in [0.3, 0.4) is 0 Å². The molecule has 1 fully saturated rings. The molecule has 1 N–H and O–H groups in total. The fourth-order valence-electron chi connectivity index (χ4n) is 2.82. The Labute approximate surface area is 112 Å². The van der Waals surface area contributed by atoms with E-state index in [-0.39, 0.29) is 0 Å². The minimum absolute atomic E-state index is 0.521. The van der Waals surface area contributed by atoms with E-state index in [0.717, 1.165) is 24.9 Å². The smallest absolute Gasteiger partial charge is 0.208 e. The van der Waals surface area contributed by atoms with Crippen molar-refractivity contribution in [2.24, 2.45) is 11.8 Å². The Morgan fingerprint density at radius 2 is 1.89 bits per heavy atom. The topological polar surface area (TPSA) is 49.4 Å². The Morgan fingerprint density at radius 3 is 2.39 bits per heavy atom. The first-order chi connectivity index (χ1) is 8.33. The largest absolute Gasteiger partial charge is 0.299 e. The predicted octanol–water partition coefficient (Wildman–Crippen LogP) is 1.68. The second-order valence-electron chi connectivity index (χ2n) is 5.72. The lowest BCUT2D eigenvalue weighted by Crippen LogP contribution is -2.43. The Bertz CT molecular complexity index is 343. The molecule has 0 amide bonds. The molecule has 3 unspecified atom stereocenters. The third-order valence-electron chi connectivity index (χ3n) is 4.26. The molecule has 0 radical (unpaired) electrons. The van der Waals surface area contributed by atoms with Crippen molar-refractivity contribution in [1.82, 2.24) is 9.62 Å². The van der Waals surface area contributed by atoms with Crippen LogP contribution in [-0.4, -0.2) is 45.2 Å². The van der Waals surface area contributed by atoms with Gasteiger partial charge in [-0.3, -0.25) is 4.90 Å². The molecule has 1 rings (SSSR count). The molecule has 0 aromatic rings. The van der Waals surface area contributed by atoms with E-state index in [1.807, 2.05) is 0 Å². The molecule has 5 heteroatoms. The molecule has 1 saturated carbocycles. The maximum Gasteiger partial charge on any atom is 0.208 e. The number of sulfonamides is 1. The molecular weight excluding hydrogens is 248 g/mol. The summed E-state index contributed by atoms with van der Waals surface area (Å²) >= 11 is 0. The monoisotopic (exact) mass is 276 g/mol. The van der Waals surface area contributed by atoms with Gasteiger partial charge in [-0.25, -0.2) is 13.1 Å². The summed E-state index contributed by atoms with van der Waals surface area (Å²) in [5.41, 5.74) is 0. The molecule has 0 aliphatic heterocycles. The fraction of sp³-hybridized carbons (Fsp3) is 1.00. The van der Waals surface area contributed by atoms with E-state index < -0.39 is 10.0 Å². The normalized spacial score (nSPS) is 29.7. The van der Waals surface area contributed by atoms with Crippen molar-refractivity contribution in [1.29, 1.82) is 0 Å². The van der Waals surface area contributed by atoms with E-state index in [1.165, 1.54) is 25.5 Å². The predicted molar refractivity (Wildman–Crippen MR) is 76.1 cm³/mol. The fourth-order valence-corrected chi connectivity index (χ4v) is 3.29. The molecule has 1 aliphatic carbocycles. The van der Waals surface area contributed by atoms with Crippen LogP contribution in [0.1, 0.15) is 40.0 Å². The molecule has 4 nitrogen and oxygen atoms in total. The van der Waals surface area contributed by atoms with Crippen molar-refractivity contribution in [3.8, 4) is 0 Å². The zero-order chi connectivity index (χ0) is 13.8. The lowest BCUT2D eigenvalue weighted by atomic mass is 9.78. The van der Waals surface area contributed by atoms with Gasteiger partial charge in [-0.15, -0.1) is 0 Å². The Morgan fingerprint density at radius 1 is 1.22 bits per heavy atom. The van der Waals surface area contributed by atoms with Crippen molar-refractivity contribution in [2.45, 2.75) is 46.1 Å². The zero-order valence-electron chi connectivity index (χ0n) is 12.1. The average Bonchev–Trinajstić information content (AvgIpc) is 2.27. The second kappa shape index (κ2) is 6.87. The molecule has 0 saturated heterocycles. The van der Waals surface area contributed by atoms with Gasteiger partial charge in [0.15, 0.2) is 0 Å². The van der Waals surface area contributed by atoms with Crippen molar-refractivity contribution in [3.63, 3.8) is 0 Å². The number of hydrogen-bond acceptors (Lipinski definition) is 3. The molecule has 108 valence electrons. The van der Waals surface area contributed by atoms with Crippen LogP contribution in [0.5, 0.6) is 0 Å². The summed E-state index contributed by atoms with van der Waals surface area (Å²) < 4.78 is 24.7. The highest BCUT2D eigenvalue weighted by Gasteiger charge is 2.27. The number of nitrogens with one attached hydrogen (secondary N) is 1. The maximum atomic E-state index is 11.0.